The topological polar surface area (TPSA) is 64.5 Å². The third-order valence-corrected chi connectivity index (χ3v) is 6.01. The highest BCUT2D eigenvalue weighted by Crippen LogP contribution is 2.34. The van der Waals surface area contributed by atoms with E-state index in [0.717, 1.165) is 56.7 Å². The van der Waals surface area contributed by atoms with E-state index in [-0.39, 0.29) is 11.7 Å². The maximum atomic E-state index is 12.5. The molecule has 2 fully saturated rings. The first-order valence-electron chi connectivity index (χ1n) is 10.6. The smallest absolute Gasteiger partial charge is 0.291 e. The molecule has 6 heteroatoms. The summed E-state index contributed by atoms with van der Waals surface area (Å²) in [5.41, 5.74) is 1.27. The molecule has 0 spiro atoms. The third kappa shape index (κ3) is 4.86. The van der Waals surface area contributed by atoms with E-state index in [1.807, 2.05) is 11.0 Å². The molecule has 0 N–H and O–H groups in total. The van der Waals surface area contributed by atoms with Crippen LogP contribution < -0.4 is 9.47 Å². The Balaban J connectivity index is 1.34. The Kier molecular flexibility index (Phi) is 6.27. The van der Waals surface area contributed by atoms with Crippen LogP contribution in [-0.2, 0) is 6.42 Å². The summed E-state index contributed by atoms with van der Waals surface area (Å²) in [5, 5.41) is 0. The minimum atomic E-state index is -0.0688. The van der Waals surface area contributed by atoms with Crippen LogP contribution in [-0.4, -0.2) is 47.1 Å². The Morgan fingerprint density at radius 2 is 1.79 bits per heavy atom. The average Bonchev–Trinajstić information content (AvgIpc) is 3.28. The molecule has 0 atom stereocenters. The fourth-order valence-corrected chi connectivity index (χ4v) is 4.35. The second-order valence-electron chi connectivity index (χ2n) is 8.02. The van der Waals surface area contributed by atoms with Crippen molar-refractivity contribution in [2.24, 2.45) is 5.92 Å². The molecule has 1 aliphatic carbocycles. The lowest BCUT2D eigenvalue weighted by atomic mass is 9.90. The van der Waals surface area contributed by atoms with Crippen molar-refractivity contribution in [1.29, 1.82) is 0 Å². The summed E-state index contributed by atoms with van der Waals surface area (Å²) >= 11 is 0. The second-order valence-corrected chi connectivity index (χ2v) is 8.02. The summed E-state index contributed by atoms with van der Waals surface area (Å²) < 4.78 is 11.7. The fraction of sp³-hybridized carbons (Fsp3) is 0.522. The number of likely N-dealkylation sites (tertiary alicyclic amines) is 1. The molecule has 1 saturated carbocycles. The van der Waals surface area contributed by atoms with Crippen molar-refractivity contribution < 1.29 is 14.3 Å². The number of piperidine rings is 1. The number of carbonyl (C=O) groups is 1. The van der Waals surface area contributed by atoms with E-state index in [1.54, 1.807) is 25.6 Å². The lowest BCUT2D eigenvalue weighted by Crippen LogP contribution is -2.39. The first kappa shape index (κ1) is 19.7. The lowest BCUT2D eigenvalue weighted by molar-refractivity contribution is 0.0678. The summed E-state index contributed by atoms with van der Waals surface area (Å²) in [7, 11) is 1.69. The largest absolute Gasteiger partial charge is 0.493 e. The van der Waals surface area contributed by atoms with Crippen LogP contribution in [0.4, 0.5) is 0 Å². The Morgan fingerprint density at radius 1 is 1.07 bits per heavy atom. The third-order valence-electron chi connectivity index (χ3n) is 6.01. The molecule has 1 amide bonds. The standard InChI is InChI=1S/C23H29N3O3/c1-28-20-8-7-18(16-21(20)29-19-5-2-3-6-19)15-17-9-13-26(14-10-17)23(27)22-24-11-4-12-25-22/h4,7-8,11-12,16-17,19H,2-3,5-6,9-10,13-15H2,1H3. The van der Waals surface area contributed by atoms with Crippen LogP contribution >= 0.6 is 0 Å². The van der Waals surface area contributed by atoms with E-state index in [4.69, 9.17) is 9.47 Å². The van der Waals surface area contributed by atoms with Gasteiger partial charge in [-0.1, -0.05) is 6.07 Å². The zero-order valence-electron chi connectivity index (χ0n) is 17.0. The van der Waals surface area contributed by atoms with Crippen LogP contribution in [0.3, 0.4) is 0 Å². The summed E-state index contributed by atoms with van der Waals surface area (Å²) in [6, 6.07) is 8.02. The number of amides is 1. The SMILES string of the molecule is COc1ccc(CC2CCN(C(=O)c3ncccn3)CC2)cc1OC1CCCC1. The highest BCUT2D eigenvalue weighted by Gasteiger charge is 2.25. The molecule has 1 aliphatic heterocycles. The molecule has 1 aromatic carbocycles. The minimum Gasteiger partial charge on any atom is -0.493 e. The van der Waals surface area contributed by atoms with Gasteiger partial charge < -0.3 is 14.4 Å². The summed E-state index contributed by atoms with van der Waals surface area (Å²) in [6.45, 7) is 1.51. The average molecular weight is 396 g/mol. The molecule has 1 saturated heterocycles. The zero-order valence-corrected chi connectivity index (χ0v) is 17.0. The van der Waals surface area contributed by atoms with Gasteiger partial charge in [-0.25, -0.2) is 9.97 Å². The molecule has 2 heterocycles. The van der Waals surface area contributed by atoms with Crippen LogP contribution in [0.25, 0.3) is 0 Å². The maximum absolute atomic E-state index is 12.5. The number of methoxy groups -OCH3 is 1. The number of benzene rings is 1. The number of hydrogen-bond acceptors (Lipinski definition) is 5. The van der Waals surface area contributed by atoms with Gasteiger partial charge >= 0.3 is 0 Å². The normalized spacial score (nSPS) is 18.0. The predicted molar refractivity (Wildman–Crippen MR) is 110 cm³/mol. The van der Waals surface area contributed by atoms with Gasteiger partial charge in [-0.15, -0.1) is 0 Å². The van der Waals surface area contributed by atoms with Gasteiger partial charge in [0.2, 0.25) is 5.82 Å². The van der Waals surface area contributed by atoms with Gasteiger partial charge in [-0.05, 0) is 74.6 Å². The van der Waals surface area contributed by atoms with Gasteiger partial charge in [-0.3, -0.25) is 4.79 Å². The van der Waals surface area contributed by atoms with Crippen molar-refractivity contribution >= 4 is 5.91 Å². The predicted octanol–water partition coefficient (Wildman–Crippen LogP) is 3.90. The van der Waals surface area contributed by atoms with E-state index in [1.165, 1.54) is 18.4 Å². The minimum absolute atomic E-state index is 0.0688. The first-order valence-corrected chi connectivity index (χ1v) is 10.6. The van der Waals surface area contributed by atoms with Crippen molar-refractivity contribution in [3.05, 3.63) is 48.0 Å². The summed E-state index contributed by atoms with van der Waals surface area (Å²) in [5.74, 6) is 2.45. The first-order chi connectivity index (χ1) is 14.2. The van der Waals surface area contributed by atoms with E-state index < -0.39 is 0 Å². The van der Waals surface area contributed by atoms with E-state index in [2.05, 4.69) is 22.1 Å². The highest BCUT2D eigenvalue weighted by molar-refractivity contribution is 5.90. The summed E-state index contributed by atoms with van der Waals surface area (Å²) in [4.78, 5) is 22.5. The molecular formula is C23H29N3O3. The number of nitrogens with zero attached hydrogens (tertiary/aromatic N) is 3. The van der Waals surface area contributed by atoms with E-state index >= 15 is 0 Å². The Bertz CT molecular complexity index is 813. The molecule has 29 heavy (non-hydrogen) atoms. The Hall–Kier alpha value is -2.63. The number of hydrogen-bond donors (Lipinski definition) is 0. The Labute approximate surface area is 172 Å². The quantitative estimate of drug-likeness (QED) is 0.742. The van der Waals surface area contributed by atoms with Gasteiger partial charge in [0, 0.05) is 25.5 Å². The molecule has 6 nitrogen and oxygen atoms in total. The molecule has 2 aliphatic rings. The maximum Gasteiger partial charge on any atom is 0.291 e. The van der Waals surface area contributed by atoms with Crippen LogP contribution in [0, 0.1) is 5.92 Å². The van der Waals surface area contributed by atoms with Crippen molar-refractivity contribution in [3.8, 4) is 11.5 Å². The number of rotatable bonds is 6. The molecule has 1 aromatic heterocycles. The molecule has 0 bridgehead atoms. The summed E-state index contributed by atoms with van der Waals surface area (Å²) in [6.07, 6.45) is 11.3. The molecule has 154 valence electrons. The van der Waals surface area contributed by atoms with Crippen LogP contribution in [0.2, 0.25) is 0 Å². The van der Waals surface area contributed by atoms with Crippen molar-refractivity contribution in [1.82, 2.24) is 14.9 Å². The van der Waals surface area contributed by atoms with Gasteiger partial charge in [-0.2, -0.15) is 0 Å². The molecular weight excluding hydrogens is 366 g/mol. The highest BCUT2D eigenvalue weighted by atomic mass is 16.5. The van der Waals surface area contributed by atoms with Gasteiger partial charge in [0.25, 0.3) is 5.91 Å². The molecule has 4 rings (SSSR count). The molecule has 0 unspecified atom stereocenters. The number of ether oxygens (including phenoxy) is 2. The van der Waals surface area contributed by atoms with Gasteiger partial charge in [0.05, 0.1) is 13.2 Å². The number of aromatic nitrogens is 2. The molecule has 2 aromatic rings. The van der Waals surface area contributed by atoms with E-state index in [9.17, 15) is 4.79 Å². The lowest BCUT2D eigenvalue weighted by Gasteiger charge is -2.31. The van der Waals surface area contributed by atoms with Gasteiger partial charge in [0.1, 0.15) is 0 Å². The monoisotopic (exact) mass is 395 g/mol. The Morgan fingerprint density at radius 3 is 2.48 bits per heavy atom. The zero-order chi connectivity index (χ0) is 20.1. The van der Waals surface area contributed by atoms with Gasteiger partial charge in [0.15, 0.2) is 11.5 Å². The van der Waals surface area contributed by atoms with Crippen molar-refractivity contribution in [2.75, 3.05) is 20.2 Å². The second kappa shape index (κ2) is 9.25. The fourth-order valence-electron chi connectivity index (χ4n) is 4.35. The van der Waals surface area contributed by atoms with E-state index in [0.29, 0.717) is 12.0 Å². The van der Waals surface area contributed by atoms with Crippen LogP contribution in [0.1, 0.15) is 54.7 Å². The number of carbonyl (C=O) groups excluding carboxylic acids is 1. The molecule has 0 radical (unpaired) electrons. The van der Waals surface area contributed by atoms with Crippen LogP contribution in [0.5, 0.6) is 11.5 Å². The van der Waals surface area contributed by atoms with Crippen molar-refractivity contribution in [2.45, 2.75) is 51.0 Å². The van der Waals surface area contributed by atoms with Crippen LogP contribution in [0.15, 0.2) is 36.7 Å². The van der Waals surface area contributed by atoms with Crippen molar-refractivity contribution in [3.63, 3.8) is 0 Å².